The third kappa shape index (κ3) is 4.87. The Kier molecular flexibility index (Phi) is 6.78. The summed E-state index contributed by atoms with van der Waals surface area (Å²) in [6.07, 6.45) is 11.6. The van der Waals surface area contributed by atoms with Crippen molar-refractivity contribution in [3.8, 4) is 0 Å². The summed E-state index contributed by atoms with van der Waals surface area (Å²) in [6.45, 7) is 4.09. The van der Waals surface area contributed by atoms with Crippen LogP contribution >= 0.6 is 0 Å². The number of hydrogen-bond acceptors (Lipinski definition) is 1. The van der Waals surface area contributed by atoms with Crippen molar-refractivity contribution in [3.05, 3.63) is 35.4 Å². The lowest BCUT2D eigenvalue weighted by Gasteiger charge is -2.28. The molecule has 1 heterocycles. The highest BCUT2D eigenvalue weighted by atomic mass is 16.2. The van der Waals surface area contributed by atoms with E-state index in [4.69, 9.17) is 0 Å². The number of benzene rings is 1. The van der Waals surface area contributed by atoms with E-state index in [0.29, 0.717) is 0 Å². The number of nitrogens with zero attached hydrogens (tertiary/aromatic N) is 1. The second-order valence-corrected chi connectivity index (χ2v) is 6.17. The largest absolute Gasteiger partial charge is 0.338 e. The molecule has 2 nitrogen and oxygen atoms in total. The van der Waals surface area contributed by atoms with Crippen LogP contribution < -0.4 is 0 Å². The van der Waals surface area contributed by atoms with Crippen molar-refractivity contribution in [1.82, 2.24) is 4.90 Å². The fraction of sp³-hybridized carbons (Fsp3) is 0.632. The molecule has 0 spiro atoms. The normalized spacial score (nSPS) is 14.3. The average Bonchev–Trinajstić information content (AvgIpc) is 2.52. The summed E-state index contributed by atoms with van der Waals surface area (Å²) < 4.78 is 0. The summed E-state index contributed by atoms with van der Waals surface area (Å²) in [6, 6.07) is 8.05. The van der Waals surface area contributed by atoms with Gasteiger partial charge in [-0.1, -0.05) is 70.1 Å². The smallest absolute Gasteiger partial charge is 0.254 e. The van der Waals surface area contributed by atoms with E-state index in [-0.39, 0.29) is 5.91 Å². The molecule has 0 radical (unpaired) electrons. The Hall–Kier alpha value is -1.31. The standard InChI is InChI=1S/C19H29NO/c1-2-3-4-5-6-7-8-11-15-20-16-14-17-12-9-10-13-18(17)19(20)21/h9-10,12-13H,2-8,11,14-16H2,1H3. The molecule has 1 aliphatic rings. The summed E-state index contributed by atoms with van der Waals surface area (Å²) >= 11 is 0. The van der Waals surface area contributed by atoms with Gasteiger partial charge in [-0.3, -0.25) is 4.79 Å². The van der Waals surface area contributed by atoms with Crippen molar-refractivity contribution in [1.29, 1.82) is 0 Å². The second-order valence-electron chi connectivity index (χ2n) is 6.17. The summed E-state index contributed by atoms with van der Waals surface area (Å²) in [5.74, 6) is 0.236. The predicted molar refractivity (Wildman–Crippen MR) is 88.7 cm³/mol. The van der Waals surface area contributed by atoms with Gasteiger partial charge in [0.25, 0.3) is 5.91 Å². The summed E-state index contributed by atoms with van der Waals surface area (Å²) in [5, 5.41) is 0. The molecule has 1 aliphatic heterocycles. The Bertz CT molecular complexity index is 441. The minimum atomic E-state index is 0.236. The first-order valence-corrected chi connectivity index (χ1v) is 8.70. The van der Waals surface area contributed by atoms with Crippen LogP contribution in [0, 0.1) is 0 Å². The Labute approximate surface area is 129 Å². The predicted octanol–water partition coefficient (Wildman–Crippen LogP) is 4.83. The van der Waals surface area contributed by atoms with E-state index in [1.54, 1.807) is 0 Å². The SMILES string of the molecule is CCCCCCCCCCN1CCc2ccccc2C1=O. The fourth-order valence-corrected chi connectivity index (χ4v) is 3.12. The van der Waals surface area contributed by atoms with Crippen molar-refractivity contribution >= 4 is 5.91 Å². The molecule has 1 aromatic carbocycles. The van der Waals surface area contributed by atoms with E-state index >= 15 is 0 Å². The average molecular weight is 287 g/mol. The molecule has 116 valence electrons. The molecule has 2 heteroatoms. The van der Waals surface area contributed by atoms with Crippen LogP contribution in [0.1, 0.15) is 74.2 Å². The molecule has 2 rings (SSSR count). The highest BCUT2D eigenvalue weighted by Gasteiger charge is 2.22. The Morgan fingerprint density at radius 2 is 1.62 bits per heavy atom. The number of unbranched alkanes of at least 4 members (excludes halogenated alkanes) is 7. The highest BCUT2D eigenvalue weighted by molar-refractivity contribution is 5.96. The maximum Gasteiger partial charge on any atom is 0.254 e. The van der Waals surface area contributed by atoms with E-state index in [1.807, 2.05) is 23.1 Å². The minimum Gasteiger partial charge on any atom is -0.338 e. The van der Waals surface area contributed by atoms with Gasteiger partial charge in [0.05, 0.1) is 0 Å². The quantitative estimate of drug-likeness (QED) is 0.596. The Morgan fingerprint density at radius 1 is 0.952 bits per heavy atom. The number of fused-ring (bicyclic) bond motifs is 1. The van der Waals surface area contributed by atoms with Crippen molar-refractivity contribution in [2.45, 2.75) is 64.7 Å². The molecule has 0 saturated heterocycles. The minimum absolute atomic E-state index is 0.236. The summed E-state index contributed by atoms with van der Waals surface area (Å²) in [5.41, 5.74) is 2.14. The molecule has 21 heavy (non-hydrogen) atoms. The van der Waals surface area contributed by atoms with Gasteiger partial charge in [0.2, 0.25) is 0 Å². The van der Waals surface area contributed by atoms with Crippen LogP contribution in [-0.4, -0.2) is 23.9 Å². The van der Waals surface area contributed by atoms with Crippen LogP contribution in [0.15, 0.2) is 24.3 Å². The van der Waals surface area contributed by atoms with Gasteiger partial charge in [-0.2, -0.15) is 0 Å². The summed E-state index contributed by atoms with van der Waals surface area (Å²) in [4.78, 5) is 14.4. The van der Waals surface area contributed by atoms with Gasteiger partial charge in [-0.05, 0) is 24.5 Å². The van der Waals surface area contributed by atoms with Gasteiger partial charge in [0.15, 0.2) is 0 Å². The monoisotopic (exact) mass is 287 g/mol. The van der Waals surface area contributed by atoms with Gasteiger partial charge >= 0.3 is 0 Å². The zero-order chi connectivity index (χ0) is 14.9. The lowest BCUT2D eigenvalue weighted by Crippen LogP contribution is -2.38. The molecule has 0 aromatic heterocycles. The Balaban J connectivity index is 1.63. The third-order valence-corrected chi connectivity index (χ3v) is 4.47. The molecule has 0 N–H and O–H groups in total. The lowest BCUT2D eigenvalue weighted by molar-refractivity contribution is 0.0736. The van der Waals surface area contributed by atoms with Crippen LogP contribution in [0.25, 0.3) is 0 Å². The molecule has 0 saturated carbocycles. The maximum absolute atomic E-state index is 12.4. The molecule has 0 unspecified atom stereocenters. The first-order chi connectivity index (χ1) is 10.3. The second kappa shape index (κ2) is 8.86. The van der Waals surface area contributed by atoms with Crippen molar-refractivity contribution in [2.24, 2.45) is 0 Å². The lowest BCUT2D eigenvalue weighted by atomic mass is 9.99. The fourth-order valence-electron chi connectivity index (χ4n) is 3.12. The molecule has 1 amide bonds. The first-order valence-electron chi connectivity index (χ1n) is 8.70. The van der Waals surface area contributed by atoms with Crippen LogP contribution in [0.2, 0.25) is 0 Å². The third-order valence-electron chi connectivity index (χ3n) is 4.47. The molecular formula is C19H29NO. The molecule has 0 bridgehead atoms. The van der Waals surface area contributed by atoms with Gasteiger partial charge in [0, 0.05) is 18.7 Å². The van der Waals surface area contributed by atoms with E-state index in [0.717, 1.165) is 31.5 Å². The zero-order valence-corrected chi connectivity index (χ0v) is 13.4. The zero-order valence-electron chi connectivity index (χ0n) is 13.4. The molecule has 1 aromatic rings. The van der Waals surface area contributed by atoms with Gasteiger partial charge in [-0.15, -0.1) is 0 Å². The number of amides is 1. The molecular weight excluding hydrogens is 258 g/mol. The topological polar surface area (TPSA) is 20.3 Å². The molecule has 0 atom stereocenters. The van der Waals surface area contributed by atoms with E-state index in [9.17, 15) is 4.79 Å². The number of rotatable bonds is 9. The van der Waals surface area contributed by atoms with Crippen LogP contribution in [0.3, 0.4) is 0 Å². The van der Waals surface area contributed by atoms with E-state index in [2.05, 4.69) is 13.0 Å². The highest BCUT2D eigenvalue weighted by Crippen LogP contribution is 2.19. The van der Waals surface area contributed by atoms with E-state index in [1.165, 1.54) is 50.5 Å². The van der Waals surface area contributed by atoms with Gasteiger partial charge < -0.3 is 4.90 Å². The number of carbonyl (C=O) groups is 1. The molecule has 0 fully saturated rings. The maximum atomic E-state index is 12.4. The van der Waals surface area contributed by atoms with Gasteiger partial charge in [-0.25, -0.2) is 0 Å². The van der Waals surface area contributed by atoms with E-state index < -0.39 is 0 Å². The van der Waals surface area contributed by atoms with Gasteiger partial charge in [0.1, 0.15) is 0 Å². The first kappa shape index (κ1) is 16.1. The van der Waals surface area contributed by atoms with Crippen LogP contribution in [-0.2, 0) is 6.42 Å². The molecule has 0 aliphatic carbocycles. The van der Waals surface area contributed by atoms with Crippen LogP contribution in [0.5, 0.6) is 0 Å². The number of carbonyl (C=O) groups excluding carboxylic acids is 1. The van der Waals surface area contributed by atoms with Crippen molar-refractivity contribution in [2.75, 3.05) is 13.1 Å². The Morgan fingerprint density at radius 3 is 2.38 bits per heavy atom. The number of hydrogen-bond donors (Lipinski definition) is 0. The van der Waals surface area contributed by atoms with Crippen LogP contribution in [0.4, 0.5) is 0 Å². The van der Waals surface area contributed by atoms with Crippen molar-refractivity contribution < 1.29 is 4.79 Å². The van der Waals surface area contributed by atoms with Crippen molar-refractivity contribution in [3.63, 3.8) is 0 Å². The summed E-state index contributed by atoms with van der Waals surface area (Å²) in [7, 11) is 0.